The molecule has 4 nitrogen and oxygen atoms in total. The van der Waals surface area contributed by atoms with Crippen LogP contribution in [0.5, 0.6) is 0 Å². The van der Waals surface area contributed by atoms with E-state index >= 15 is 0 Å². The average Bonchev–Trinajstić information content (AvgIpc) is 2.53. The number of carbonyl (C=O) groups is 2. The van der Waals surface area contributed by atoms with Crippen molar-refractivity contribution >= 4 is 40.7 Å². The Morgan fingerprint density at radius 2 is 1.80 bits per heavy atom. The average molecular weight is 379 g/mol. The molecule has 25 heavy (non-hydrogen) atoms. The van der Waals surface area contributed by atoms with E-state index in [-0.39, 0.29) is 18.4 Å². The van der Waals surface area contributed by atoms with Crippen LogP contribution in [0.3, 0.4) is 0 Å². The van der Waals surface area contributed by atoms with E-state index in [1.54, 1.807) is 18.2 Å². The summed E-state index contributed by atoms with van der Waals surface area (Å²) in [5, 5.41) is 4.10. The minimum atomic E-state index is -0.216. The van der Waals surface area contributed by atoms with Crippen molar-refractivity contribution in [2.75, 3.05) is 18.0 Å². The molecule has 0 bridgehead atoms. The van der Waals surface area contributed by atoms with Crippen LogP contribution in [0.1, 0.15) is 18.1 Å². The third-order valence-electron chi connectivity index (χ3n) is 3.76. The monoisotopic (exact) mass is 378 g/mol. The van der Waals surface area contributed by atoms with Gasteiger partial charge in [-0.05, 0) is 54.8 Å². The highest BCUT2D eigenvalue weighted by Crippen LogP contribution is 2.23. The van der Waals surface area contributed by atoms with Gasteiger partial charge in [0.1, 0.15) is 6.54 Å². The number of hydrogen-bond donors (Lipinski definition) is 1. The van der Waals surface area contributed by atoms with Crippen LogP contribution >= 0.6 is 23.2 Å². The van der Waals surface area contributed by atoms with Crippen molar-refractivity contribution in [3.05, 3.63) is 63.6 Å². The molecule has 0 heterocycles. The number of hydrogen-bond acceptors (Lipinski definition) is 2. The van der Waals surface area contributed by atoms with Crippen molar-refractivity contribution in [1.29, 1.82) is 0 Å². The van der Waals surface area contributed by atoms with Gasteiger partial charge in [-0.15, -0.1) is 0 Å². The Bertz CT molecular complexity index is 778. The molecule has 2 aromatic carbocycles. The number of nitrogens with one attached hydrogen (secondary N) is 1. The highest BCUT2D eigenvalue weighted by atomic mass is 35.5. The fourth-order valence-corrected chi connectivity index (χ4v) is 2.97. The maximum atomic E-state index is 12.2. The normalized spacial score (nSPS) is 10.4. The summed E-state index contributed by atoms with van der Waals surface area (Å²) in [6, 6.07) is 12.7. The topological polar surface area (TPSA) is 49.4 Å². The summed E-state index contributed by atoms with van der Waals surface area (Å²) >= 11 is 11.9. The molecule has 0 unspecified atom stereocenters. The molecule has 0 saturated carbocycles. The molecule has 132 valence electrons. The zero-order valence-corrected chi connectivity index (χ0v) is 15.7. The highest BCUT2D eigenvalue weighted by Gasteiger charge is 2.17. The number of benzene rings is 2. The molecule has 0 aromatic heterocycles. The van der Waals surface area contributed by atoms with Crippen LogP contribution in [-0.4, -0.2) is 24.9 Å². The van der Waals surface area contributed by atoms with Crippen LogP contribution in [0.25, 0.3) is 0 Å². The maximum absolute atomic E-state index is 12.2. The fourth-order valence-electron chi connectivity index (χ4n) is 2.53. The zero-order valence-electron chi connectivity index (χ0n) is 14.2. The first kappa shape index (κ1) is 19.3. The first-order chi connectivity index (χ1) is 11.9. The minimum absolute atomic E-state index is 0.0344. The maximum Gasteiger partial charge on any atom is 0.240 e. The Hall–Kier alpha value is -2.04. The van der Waals surface area contributed by atoms with E-state index in [1.165, 1.54) is 11.8 Å². The molecule has 0 saturated heterocycles. The molecule has 6 heteroatoms. The molecule has 2 amide bonds. The molecule has 0 atom stereocenters. The number of halogens is 2. The van der Waals surface area contributed by atoms with Crippen molar-refractivity contribution in [2.45, 2.75) is 20.3 Å². The fraction of sp³-hybridized carbons (Fsp3) is 0.263. The van der Waals surface area contributed by atoms with Gasteiger partial charge in [-0.1, -0.05) is 35.3 Å². The third-order valence-corrected chi connectivity index (χ3v) is 4.23. The number of anilines is 1. The SMILES string of the molecule is CC(=O)N(CC(=O)NCCc1cccc(Cl)c1)c1ccc(Cl)cc1C. The molecule has 0 spiro atoms. The van der Waals surface area contributed by atoms with E-state index < -0.39 is 0 Å². The van der Waals surface area contributed by atoms with Crippen LogP contribution in [0.4, 0.5) is 5.69 Å². The molecular formula is C19H20Cl2N2O2. The van der Waals surface area contributed by atoms with Crippen molar-refractivity contribution in [2.24, 2.45) is 0 Å². The Balaban J connectivity index is 1.95. The standard InChI is InChI=1S/C19H20Cl2N2O2/c1-13-10-17(21)6-7-18(13)23(14(2)24)12-19(25)22-9-8-15-4-3-5-16(20)11-15/h3-7,10-11H,8-9,12H2,1-2H3,(H,22,25). The summed E-state index contributed by atoms with van der Waals surface area (Å²) in [4.78, 5) is 25.6. The van der Waals surface area contributed by atoms with Crippen molar-refractivity contribution in [3.63, 3.8) is 0 Å². The lowest BCUT2D eigenvalue weighted by Crippen LogP contribution is -2.40. The van der Waals surface area contributed by atoms with E-state index in [0.717, 1.165) is 11.1 Å². The molecule has 0 radical (unpaired) electrons. The van der Waals surface area contributed by atoms with E-state index in [4.69, 9.17) is 23.2 Å². The second kappa shape index (κ2) is 8.88. The van der Waals surface area contributed by atoms with Crippen LogP contribution < -0.4 is 10.2 Å². The van der Waals surface area contributed by atoms with E-state index in [9.17, 15) is 9.59 Å². The van der Waals surface area contributed by atoms with Gasteiger partial charge in [0, 0.05) is 29.2 Å². The zero-order chi connectivity index (χ0) is 18.4. The molecule has 0 aliphatic heterocycles. The molecule has 0 aliphatic carbocycles. The number of aryl methyl sites for hydroxylation is 1. The lowest BCUT2D eigenvalue weighted by Gasteiger charge is -2.22. The largest absolute Gasteiger partial charge is 0.354 e. The quantitative estimate of drug-likeness (QED) is 0.825. The Labute approximate surface area is 157 Å². The van der Waals surface area contributed by atoms with Crippen LogP contribution in [0, 0.1) is 6.92 Å². The van der Waals surface area contributed by atoms with E-state index in [0.29, 0.717) is 28.7 Å². The smallest absolute Gasteiger partial charge is 0.240 e. The minimum Gasteiger partial charge on any atom is -0.354 e. The molecule has 1 N–H and O–H groups in total. The number of carbonyl (C=O) groups excluding carboxylic acids is 2. The van der Waals surface area contributed by atoms with Gasteiger partial charge in [0.25, 0.3) is 0 Å². The van der Waals surface area contributed by atoms with Gasteiger partial charge in [0.15, 0.2) is 0 Å². The van der Waals surface area contributed by atoms with Gasteiger partial charge in [0.05, 0.1) is 0 Å². The summed E-state index contributed by atoms with van der Waals surface area (Å²) in [6.45, 7) is 3.74. The summed E-state index contributed by atoms with van der Waals surface area (Å²) in [5.74, 6) is -0.415. The van der Waals surface area contributed by atoms with Gasteiger partial charge in [-0.3, -0.25) is 9.59 Å². The van der Waals surface area contributed by atoms with Crippen molar-refractivity contribution in [1.82, 2.24) is 5.32 Å². The van der Waals surface area contributed by atoms with Crippen molar-refractivity contribution < 1.29 is 9.59 Å². The second-order valence-electron chi connectivity index (χ2n) is 5.77. The van der Waals surface area contributed by atoms with Gasteiger partial charge < -0.3 is 10.2 Å². The van der Waals surface area contributed by atoms with Crippen LogP contribution in [0.2, 0.25) is 10.0 Å². The number of rotatable bonds is 6. The second-order valence-corrected chi connectivity index (χ2v) is 6.64. The first-order valence-corrected chi connectivity index (χ1v) is 8.68. The molecular weight excluding hydrogens is 359 g/mol. The Morgan fingerprint density at radius 3 is 2.44 bits per heavy atom. The number of nitrogens with zero attached hydrogens (tertiary/aromatic N) is 1. The van der Waals surface area contributed by atoms with E-state index in [1.807, 2.05) is 31.2 Å². The predicted molar refractivity (Wildman–Crippen MR) is 102 cm³/mol. The van der Waals surface area contributed by atoms with Gasteiger partial charge in [-0.25, -0.2) is 0 Å². The predicted octanol–water partition coefficient (Wildman–Crippen LogP) is 4.01. The summed E-state index contributed by atoms with van der Waals surface area (Å²) in [7, 11) is 0. The molecule has 0 fully saturated rings. The van der Waals surface area contributed by atoms with Crippen LogP contribution in [-0.2, 0) is 16.0 Å². The third kappa shape index (κ3) is 5.76. The van der Waals surface area contributed by atoms with Gasteiger partial charge in [0.2, 0.25) is 11.8 Å². The van der Waals surface area contributed by atoms with Gasteiger partial charge >= 0.3 is 0 Å². The number of amides is 2. The van der Waals surface area contributed by atoms with Crippen molar-refractivity contribution in [3.8, 4) is 0 Å². The summed E-state index contributed by atoms with van der Waals surface area (Å²) in [5.41, 5.74) is 2.57. The van der Waals surface area contributed by atoms with Gasteiger partial charge in [-0.2, -0.15) is 0 Å². The molecule has 0 aliphatic rings. The Kier molecular flexibility index (Phi) is 6.85. The van der Waals surface area contributed by atoms with Crippen LogP contribution in [0.15, 0.2) is 42.5 Å². The summed E-state index contributed by atoms with van der Waals surface area (Å²) < 4.78 is 0. The molecule has 2 rings (SSSR count). The van der Waals surface area contributed by atoms with E-state index in [2.05, 4.69) is 5.32 Å². The highest BCUT2D eigenvalue weighted by molar-refractivity contribution is 6.31. The lowest BCUT2D eigenvalue weighted by atomic mass is 10.1. The first-order valence-electron chi connectivity index (χ1n) is 7.92. The summed E-state index contributed by atoms with van der Waals surface area (Å²) in [6.07, 6.45) is 0.673. The molecule has 2 aromatic rings. The Morgan fingerprint density at radius 1 is 1.08 bits per heavy atom. The lowest BCUT2D eigenvalue weighted by molar-refractivity contribution is -0.123.